The first-order valence-corrected chi connectivity index (χ1v) is 7.71. The van der Waals surface area contributed by atoms with E-state index >= 15 is 0 Å². The summed E-state index contributed by atoms with van der Waals surface area (Å²) in [6.45, 7) is 9.26. The third kappa shape index (κ3) is 3.73. The number of halogens is 1. The molecule has 1 aliphatic rings. The predicted molar refractivity (Wildman–Crippen MR) is 79.1 cm³/mol. The van der Waals surface area contributed by atoms with Crippen molar-refractivity contribution in [3.05, 3.63) is 16.4 Å². The second kappa shape index (κ2) is 7.41. The highest BCUT2D eigenvalue weighted by molar-refractivity contribution is 6.31. The van der Waals surface area contributed by atoms with E-state index in [1.807, 2.05) is 11.6 Å². The Morgan fingerprint density at radius 3 is 2.70 bits per heavy atom. The summed E-state index contributed by atoms with van der Waals surface area (Å²) in [5.41, 5.74) is 1.99. The number of rotatable bonds is 7. The van der Waals surface area contributed by atoms with E-state index < -0.39 is 0 Å². The zero-order valence-corrected chi connectivity index (χ0v) is 13.2. The van der Waals surface area contributed by atoms with E-state index in [9.17, 15) is 0 Å². The van der Waals surface area contributed by atoms with Gasteiger partial charge in [0.05, 0.1) is 29.6 Å². The van der Waals surface area contributed by atoms with Gasteiger partial charge in [-0.1, -0.05) is 18.5 Å². The summed E-state index contributed by atoms with van der Waals surface area (Å²) in [7, 11) is 0. The molecule has 0 spiro atoms. The molecule has 1 unspecified atom stereocenters. The van der Waals surface area contributed by atoms with Gasteiger partial charge in [-0.25, -0.2) is 0 Å². The zero-order chi connectivity index (χ0) is 14.5. The summed E-state index contributed by atoms with van der Waals surface area (Å²) < 4.78 is 13.1. The molecule has 1 fully saturated rings. The molecule has 1 aromatic rings. The molecule has 0 bridgehead atoms. The van der Waals surface area contributed by atoms with E-state index in [0.29, 0.717) is 13.2 Å². The number of nitrogens with one attached hydrogen (secondary N) is 1. The summed E-state index contributed by atoms with van der Waals surface area (Å²) in [6, 6.07) is 0.280. The molecule has 1 aromatic heterocycles. The van der Waals surface area contributed by atoms with Crippen molar-refractivity contribution in [1.82, 2.24) is 15.1 Å². The number of hydrogen-bond donors (Lipinski definition) is 1. The molecule has 20 heavy (non-hydrogen) atoms. The highest BCUT2D eigenvalue weighted by atomic mass is 35.5. The fourth-order valence-electron chi connectivity index (χ4n) is 2.60. The maximum absolute atomic E-state index is 6.38. The molecule has 0 saturated carbocycles. The van der Waals surface area contributed by atoms with Crippen molar-refractivity contribution < 1.29 is 9.47 Å². The maximum Gasteiger partial charge on any atom is 0.159 e. The van der Waals surface area contributed by atoms with Gasteiger partial charge in [0, 0.05) is 25.4 Å². The van der Waals surface area contributed by atoms with Gasteiger partial charge in [-0.3, -0.25) is 4.68 Å². The first kappa shape index (κ1) is 15.8. The molecule has 6 heteroatoms. The van der Waals surface area contributed by atoms with Gasteiger partial charge in [0.25, 0.3) is 0 Å². The van der Waals surface area contributed by atoms with Crippen molar-refractivity contribution in [2.24, 2.45) is 0 Å². The SMILES string of the molecule is CCNC(Cc1c(Cl)c(C)nn1CC)CC1OCCO1. The van der Waals surface area contributed by atoms with Crippen LogP contribution < -0.4 is 5.32 Å². The average molecular weight is 302 g/mol. The van der Waals surface area contributed by atoms with Crippen LogP contribution in [0.3, 0.4) is 0 Å². The lowest BCUT2D eigenvalue weighted by Gasteiger charge is -2.21. The monoisotopic (exact) mass is 301 g/mol. The number of nitrogens with zero attached hydrogens (tertiary/aromatic N) is 2. The van der Waals surface area contributed by atoms with Gasteiger partial charge in [-0.2, -0.15) is 5.10 Å². The van der Waals surface area contributed by atoms with Gasteiger partial charge >= 0.3 is 0 Å². The minimum Gasteiger partial charge on any atom is -0.350 e. The average Bonchev–Trinajstić information content (AvgIpc) is 3.02. The number of likely N-dealkylation sites (N-methyl/N-ethyl adjacent to an activating group) is 1. The van der Waals surface area contributed by atoms with E-state index in [-0.39, 0.29) is 12.3 Å². The summed E-state index contributed by atoms with van der Waals surface area (Å²) in [5.74, 6) is 0. The molecule has 5 nitrogen and oxygen atoms in total. The fraction of sp³-hybridized carbons (Fsp3) is 0.786. The minimum atomic E-state index is -0.100. The summed E-state index contributed by atoms with van der Waals surface area (Å²) in [6.07, 6.45) is 1.57. The number of aromatic nitrogens is 2. The molecule has 1 saturated heterocycles. The Labute approximate surface area is 125 Å². The second-order valence-electron chi connectivity index (χ2n) is 5.03. The van der Waals surface area contributed by atoms with Gasteiger partial charge in [-0.05, 0) is 20.4 Å². The molecule has 0 aliphatic carbocycles. The van der Waals surface area contributed by atoms with E-state index in [1.165, 1.54) is 0 Å². The van der Waals surface area contributed by atoms with Crippen molar-refractivity contribution in [2.45, 2.75) is 52.5 Å². The third-order valence-electron chi connectivity index (χ3n) is 3.55. The van der Waals surface area contributed by atoms with Crippen molar-refractivity contribution in [3.8, 4) is 0 Å². The van der Waals surface area contributed by atoms with Crippen LogP contribution in [0.1, 0.15) is 31.7 Å². The third-order valence-corrected chi connectivity index (χ3v) is 4.04. The topological polar surface area (TPSA) is 48.3 Å². The van der Waals surface area contributed by atoms with Crippen LogP contribution in [0, 0.1) is 6.92 Å². The van der Waals surface area contributed by atoms with Gasteiger partial charge in [-0.15, -0.1) is 0 Å². The molecule has 1 atom stereocenters. The van der Waals surface area contributed by atoms with Gasteiger partial charge in [0.1, 0.15) is 0 Å². The molecule has 2 rings (SSSR count). The molecule has 1 N–H and O–H groups in total. The standard InChI is InChI=1S/C14H24ClN3O2/c1-4-16-11(9-13-19-6-7-20-13)8-12-14(15)10(3)17-18(12)5-2/h11,13,16H,4-9H2,1-3H3. The first-order valence-electron chi connectivity index (χ1n) is 7.34. The van der Waals surface area contributed by atoms with E-state index in [1.54, 1.807) is 0 Å². The van der Waals surface area contributed by atoms with Crippen LogP contribution in [0.4, 0.5) is 0 Å². The van der Waals surface area contributed by atoms with E-state index in [4.69, 9.17) is 21.1 Å². The van der Waals surface area contributed by atoms with Crippen LogP contribution in [-0.4, -0.2) is 41.9 Å². The highest BCUT2D eigenvalue weighted by Gasteiger charge is 2.23. The number of ether oxygens (including phenoxy) is 2. The Kier molecular flexibility index (Phi) is 5.84. The largest absolute Gasteiger partial charge is 0.350 e. The van der Waals surface area contributed by atoms with Crippen molar-refractivity contribution in [2.75, 3.05) is 19.8 Å². The Morgan fingerprint density at radius 2 is 2.10 bits per heavy atom. The molecule has 0 radical (unpaired) electrons. The van der Waals surface area contributed by atoms with Crippen molar-refractivity contribution >= 4 is 11.6 Å². The molecular weight excluding hydrogens is 278 g/mol. The summed E-state index contributed by atoms with van der Waals surface area (Å²) >= 11 is 6.38. The lowest BCUT2D eigenvalue weighted by Crippen LogP contribution is -2.35. The number of hydrogen-bond acceptors (Lipinski definition) is 4. The smallest absolute Gasteiger partial charge is 0.159 e. The normalized spacial score (nSPS) is 17.8. The maximum atomic E-state index is 6.38. The number of aryl methyl sites for hydroxylation is 2. The van der Waals surface area contributed by atoms with Crippen LogP contribution in [0.15, 0.2) is 0 Å². The lowest BCUT2D eigenvalue weighted by atomic mass is 10.1. The highest BCUT2D eigenvalue weighted by Crippen LogP contribution is 2.23. The fourth-order valence-corrected chi connectivity index (χ4v) is 2.81. The molecule has 2 heterocycles. The molecular formula is C14H24ClN3O2. The quantitative estimate of drug-likeness (QED) is 0.838. The Morgan fingerprint density at radius 1 is 1.40 bits per heavy atom. The Hall–Kier alpha value is -0.620. The zero-order valence-electron chi connectivity index (χ0n) is 12.5. The van der Waals surface area contributed by atoms with Crippen LogP contribution >= 0.6 is 11.6 Å². The second-order valence-corrected chi connectivity index (χ2v) is 5.41. The van der Waals surface area contributed by atoms with Gasteiger partial charge in [0.15, 0.2) is 6.29 Å². The van der Waals surface area contributed by atoms with Crippen LogP contribution in [-0.2, 0) is 22.4 Å². The summed E-state index contributed by atoms with van der Waals surface area (Å²) in [5, 5.41) is 8.73. The van der Waals surface area contributed by atoms with Gasteiger partial charge in [0.2, 0.25) is 0 Å². The van der Waals surface area contributed by atoms with Gasteiger partial charge < -0.3 is 14.8 Å². The van der Waals surface area contributed by atoms with E-state index in [2.05, 4.69) is 24.3 Å². The molecule has 0 amide bonds. The van der Waals surface area contributed by atoms with Crippen molar-refractivity contribution in [1.29, 1.82) is 0 Å². The Bertz CT molecular complexity index is 430. The van der Waals surface area contributed by atoms with Crippen LogP contribution in [0.5, 0.6) is 0 Å². The first-order chi connectivity index (χ1) is 9.65. The molecule has 0 aromatic carbocycles. The van der Waals surface area contributed by atoms with Crippen LogP contribution in [0.25, 0.3) is 0 Å². The minimum absolute atomic E-state index is 0.100. The Balaban J connectivity index is 2.06. The molecule has 1 aliphatic heterocycles. The lowest BCUT2D eigenvalue weighted by molar-refractivity contribution is -0.0526. The predicted octanol–water partition coefficient (Wildman–Crippen LogP) is 2.15. The summed E-state index contributed by atoms with van der Waals surface area (Å²) in [4.78, 5) is 0. The van der Waals surface area contributed by atoms with E-state index in [0.717, 1.165) is 42.3 Å². The van der Waals surface area contributed by atoms with Crippen molar-refractivity contribution in [3.63, 3.8) is 0 Å². The molecule has 114 valence electrons. The van der Waals surface area contributed by atoms with Crippen LogP contribution in [0.2, 0.25) is 5.02 Å².